The Hall–Kier alpha value is -1.18. The molecule has 0 aromatic heterocycles. The van der Waals surface area contributed by atoms with Crippen LogP contribution in [0.2, 0.25) is 0 Å². The van der Waals surface area contributed by atoms with Crippen molar-refractivity contribution in [2.24, 2.45) is 5.73 Å². The number of carboxylic acid groups (broad SMARTS) is 1. The van der Waals surface area contributed by atoms with Crippen molar-refractivity contribution in [2.45, 2.75) is 25.6 Å². The van der Waals surface area contributed by atoms with Crippen LogP contribution in [0.25, 0.3) is 0 Å². The van der Waals surface area contributed by atoms with Gasteiger partial charge >= 0.3 is 11.9 Å². The summed E-state index contributed by atoms with van der Waals surface area (Å²) in [6.45, 7) is 2.21. The van der Waals surface area contributed by atoms with Crippen molar-refractivity contribution in [1.82, 2.24) is 0 Å². The van der Waals surface area contributed by atoms with Gasteiger partial charge in [0.05, 0.1) is 40.7 Å². The molecule has 2 unspecified atom stereocenters. The second-order valence-electron chi connectivity index (χ2n) is 5.53. The second-order valence-corrected chi connectivity index (χ2v) is 5.53. The van der Waals surface area contributed by atoms with Gasteiger partial charge in [-0.15, -0.1) is 0 Å². The largest absolute Gasteiger partial charge is 0.481 e. The van der Waals surface area contributed by atoms with E-state index in [-0.39, 0.29) is 19.6 Å². The maximum Gasteiger partial charge on any atom is 0.320 e. The minimum absolute atomic E-state index is 0.0763. The molecule has 19 heavy (non-hydrogen) atoms. The van der Waals surface area contributed by atoms with E-state index in [1.807, 2.05) is 21.1 Å². The molecule has 7 nitrogen and oxygen atoms in total. The number of nitrogens with two attached hydrogens (primary N) is 1. The number of carbonyl (C=O) groups excluding carboxylic acids is 1. The molecule has 0 aromatic carbocycles. The average Bonchev–Trinajstić information content (AvgIpc) is 2.22. The lowest BCUT2D eigenvalue weighted by Crippen LogP contribution is -2.44. The third-order valence-electron chi connectivity index (χ3n) is 2.22. The van der Waals surface area contributed by atoms with Gasteiger partial charge in [-0.1, -0.05) is 0 Å². The van der Waals surface area contributed by atoms with Gasteiger partial charge in [0, 0.05) is 0 Å². The lowest BCUT2D eigenvalue weighted by atomic mass is 10.2. The topological polar surface area (TPSA) is 98.9 Å². The van der Waals surface area contributed by atoms with Crippen LogP contribution in [-0.4, -0.2) is 74.6 Å². The molecule has 0 aromatic rings. The summed E-state index contributed by atoms with van der Waals surface area (Å²) in [6.07, 6.45) is -0.941. The lowest BCUT2D eigenvalue weighted by Gasteiger charge is -2.29. The molecule has 0 spiro atoms. The van der Waals surface area contributed by atoms with Gasteiger partial charge in [0.25, 0.3) is 0 Å². The summed E-state index contributed by atoms with van der Waals surface area (Å²) in [6, 6.07) is 0. The maximum absolute atomic E-state index is 11.0. The number of hydrogen-bond donors (Lipinski definition) is 2. The highest BCUT2D eigenvalue weighted by atomic mass is 16.6. The zero-order valence-corrected chi connectivity index (χ0v) is 12.1. The third kappa shape index (κ3) is 10.4. The average molecular weight is 277 g/mol. The van der Waals surface area contributed by atoms with E-state index >= 15 is 0 Å². The van der Waals surface area contributed by atoms with Gasteiger partial charge in [0.15, 0.2) is 0 Å². The molecule has 0 amide bonds. The number of aliphatic carboxylic acids is 1. The predicted molar refractivity (Wildman–Crippen MR) is 69.5 cm³/mol. The summed E-state index contributed by atoms with van der Waals surface area (Å²) in [5, 5.41) is 8.84. The van der Waals surface area contributed by atoms with Crippen LogP contribution in [0.1, 0.15) is 13.3 Å². The Labute approximate surface area is 113 Å². The van der Waals surface area contributed by atoms with E-state index < -0.39 is 24.1 Å². The van der Waals surface area contributed by atoms with E-state index in [1.165, 1.54) is 0 Å². The molecule has 112 valence electrons. The normalized spacial score (nSPS) is 14.8. The smallest absolute Gasteiger partial charge is 0.320 e. The van der Waals surface area contributed by atoms with E-state index in [2.05, 4.69) is 0 Å². The number of carbonyl (C=O) groups is 2. The molecule has 0 heterocycles. The maximum atomic E-state index is 11.0. The number of rotatable bonds is 9. The van der Waals surface area contributed by atoms with Gasteiger partial charge < -0.3 is 24.8 Å². The fourth-order valence-electron chi connectivity index (χ4n) is 1.56. The van der Waals surface area contributed by atoms with Crippen LogP contribution < -0.4 is 5.73 Å². The molecule has 3 N–H and O–H groups in total. The van der Waals surface area contributed by atoms with Crippen LogP contribution in [0.5, 0.6) is 0 Å². The van der Waals surface area contributed by atoms with Gasteiger partial charge in [-0.25, -0.2) is 0 Å². The lowest BCUT2D eigenvalue weighted by molar-refractivity contribution is -0.873. The first kappa shape index (κ1) is 17.8. The number of quaternary nitrogens is 1. The predicted octanol–water partition coefficient (Wildman–Crippen LogP) is -0.557. The van der Waals surface area contributed by atoms with Crippen LogP contribution in [-0.2, 0) is 19.1 Å². The second kappa shape index (κ2) is 8.08. The van der Waals surface area contributed by atoms with Crippen molar-refractivity contribution in [2.75, 3.05) is 40.8 Å². The van der Waals surface area contributed by atoms with Gasteiger partial charge in [-0.2, -0.15) is 0 Å². The van der Waals surface area contributed by atoms with Crippen molar-refractivity contribution >= 4 is 11.9 Å². The minimum Gasteiger partial charge on any atom is -0.481 e. The van der Waals surface area contributed by atoms with Crippen molar-refractivity contribution < 1.29 is 28.7 Å². The molecule has 0 aliphatic heterocycles. The molecule has 0 bridgehead atoms. The number of ether oxygens (including phenoxy) is 2. The van der Waals surface area contributed by atoms with Crippen molar-refractivity contribution in [3.8, 4) is 0 Å². The van der Waals surface area contributed by atoms with E-state index in [0.29, 0.717) is 11.0 Å². The molecule has 7 heteroatoms. The Morgan fingerprint density at radius 2 is 1.89 bits per heavy atom. The Balaban J connectivity index is 4.25. The molecular weight excluding hydrogens is 252 g/mol. The van der Waals surface area contributed by atoms with Crippen LogP contribution >= 0.6 is 0 Å². The number of nitrogens with zero attached hydrogens (tertiary/aromatic N) is 1. The molecular formula is C12H25N2O5+. The molecule has 0 saturated carbocycles. The van der Waals surface area contributed by atoms with Crippen molar-refractivity contribution in [3.63, 3.8) is 0 Å². The number of hydrogen-bond acceptors (Lipinski definition) is 5. The summed E-state index contributed by atoms with van der Waals surface area (Å²) in [5.74, 6) is -1.41. The highest BCUT2D eigenvalue weighted by molar-refractivity contribution is 5.71. The highest BCUT2D eigenvalue weighted by Crippen LogP contribution is 2.06. The van der Waals surface area contributed by atoms with E-state index in [0.717, 1.165) is 0 Å². The number of likely N-dealkylation sites (N-methyl/N-ethyl adjacent to an activating group) is 1. The Kier molecular flexibility index (Phi) is 7.58. The van der Waals surface area contributed by atoms with Crippen molar-refractivity contribution in [1.29, 1.82) is 0 Å². The third-order valence-corrected chi connectivity index (χ3v) is 2.22. The summed E-state index contributed by atoms with van der Waals surface area (Å²) in [5.41, 5.74) is 5.13. The quantitative estimate of drug-likeness (QED) is 0.433. The van der Waals surface area contributed by atoms with E-state index in [9.17, 15) is 9.59 Å². The number of esters is 1. The van der Waals surface area contributed by atoms with E-state index in [1.54, 1.807) is 6.92 Å². The zero-order chi connectivity index (χ0) is 15.1. The fourth-order valence-corrected chi connectivity index (χ4v) is 1.56. The summed E-state index contributed by atoms with van der Waals surface area (Å²) in [7, 11) is 5.86. The Morgan fingerprint density at radius 3 is 2.32 bits per heavy atom. The highest BCUT2D eigenvalue weighted by Gasteiger charge is 2.23. The number of carboxylic acids is 1. The molecule has 2 atom stereocenters. The summed E-state index contributed by atoms with van der Waals surface area (Å²) >= 11 is 0. The van der Waals surface area contributed by atoms with Gasteiger partial charge in [0.2, 0.25) is 0 Å². The molecule has 0 rings (SSSR count). The van der Waals surface area contributed by atoms with Crippen molar-refractivity contribution in [3.05, 3.63) is 0 Å². The zero-order valence-electron chi connectivity index (χ0n) is 12.1. The molecule has 0 saturated heterocycles. The Bertz CT molecular complexity index is 301. The monoisotopic (exact) mass is 277 g/mol. The van der Waals surface area contributed by atoms with Gasteiger partial charge in [-0.05, 0) is 6.92 Å². The first-order valence-corrected chi connectivity index (χ1v) is 6.17. The first-order chi connectivity index (χ1) is 8.64. The summed E-state index contributed by atoms with van der Waals surface area (Å²) < 4.78 is 11.1. The minimum atomic E-state index is -0.912. The molecule has 0 aliphatic carbocycles. The van der Waals surface area contributed by atoms with Crippen LogP contribution in [0.4, 0.5) is 0 Å². The SMILES string of the molecule is CC(COC(CC(=O)O)C[N+](C)(C)C)OC(=O)CN. The van der Waals surface area contributed by atoms with Crippen LogP contribution in [0.15, 0.2) is 0 Å². The standard InChI is InChI=1S/C12H24N2O5/c1-9(19-12(17)6-13)8-18-10(5-11(15)16)7-14(2,3)4/h9-10H,5-8,13H2,1-4H3/p+1. The Morgan fingerprint density at radius 1 is 1.32 bits per heavy atom. The fraction of sp³-hybridized carbons (Fsp3) is 0.833. The van der Waals surface area contributed by atoms with Crippen LogP contribution in [0, 0.1) is 0 Å². The van der Waals surface area contributed by atoms with Crippen LogP contribution in [0.3, 0.4) is 0 Å². The molecule has 0 aliphatic rings. The van der Waals surface area contributed by atoms with Gasteiger partial charge in [-0.3, -0.25) is 9.59 Å². The first-order valence-electron chi connectivity index (χ1n) is 6.17. The van der Waals surface area contributed by atoms with E-state index in [4.69, 9.17) is 20.3 Å². The van der Waals surface area contributed by atoms with Gasteiger partial charge in [0.1, 0.15) is 18.8 Å². The molecule has 0 fully saturated rings. The summed E-state index contributed by atoms with van der Waals surface area (Å²) in [4.78, 5) is 21.7. The molecule has 0 radical (unpaired) electrons.